The predicted octanol–water partition coefficient (Wildman–Crippen LogP) is 1.98. The summed E-state index contributed by atoms with van der Waals surface area (Å²) in [7, 11) is 0. The van der Waals surface area contributed by atoms with Crippen molar-refractivity contribution in [2.75, 3.05) is 6.54 Å². The Morgan fingerprint density at radius 3 is 2.44 bits per heavy atom. The number of nitrogens with zero attached hydrogens (tertiary/aromatic N) is 1. The molecule has 1 aliphatic rings. The lowest BCUT2D eigenvalue weighted by molar-refractivity contribution is 0.00416. The van der Waals surface area contributed by atoms with E-state index in [1.807, 2.05) is 27.7 Å². The molecule has 0 radical (unpaired) electrons. The number of hydrogen-bond acceptors (Lipinski definition) is 3. The van der Waals surface area contributed by atoms with Gasteiger partial charge in [0.25, 0.3) is 0 Å². The van der Waals surface area contributed by atoms with E-state index >= 15 is 0 Å². The third-order valence-corrected chi connectivity index (χ3v) is 2.99. The molecule has 0 aromatic heterocycles. The van der Waals surface area contributed by atoms with E-state index in [0.29, 0.717) is 12.5 Å². The molecule has 3 atom stereocenters. The van der Waals surface area contributed by atoms with Crippen molar-refractivity contribution in [1.82, 2.24) is 4.90 Å². The van der Waals surface area contributed by atoms with Gasteiger partial charge in [0.15, 0.2) is 0 Å². The van der Waals surface area contributed by atoms with E-state index < -0.39 is 5.60 Å². The average molecular weight is 228 g/mol. The Morgan fingerprint density at radius 1 is 1.38 bits per heavy atom. The number of hydrogen-bond donors (Lipinski definition) is 1. The first-order chi connectivity index (χ1) is 7.20. The highest BCUT2D eigenvalue weighted by Crippen LogP contribution is 2.22. The minimum absolute atomic E-state index is 0.168. The molecular weight excluding hydrogens is 204 g/mol. The van der Waals surface area contributed by atoms with Crippen LogP contribution in [0.3, 0.4) is 0 Å². The summed E-state index contributed by atoms with van der Waals surface area (Å²) in [5.41, 5.74) is 5.55. The topological polar surface area (TPSA) is 55.6 Å². The van der Waals surface area contributed by atoms with Gasteiger partial charge in [-0.2, -0.15) is 0 Å². The molecule has 94 valence electrons. The van der Waals surface area contributed by atoms with Crippen LogP contribution in [0.4, 0.5) is 4.79 Å². The molecule has 4 nitrogen and oxygen atoms in total. The van der Waals surface area contributed by atoms with E-state index in [1.54, 1.807) is 4.90 Å². The molecule has 0 bridgehead atoms. The van der Waals surface area contributed by atoms with E-state index in [0.717, 1.165) is 6.42 Å². The van der Waals surface area contributed by atoms with Crippen molar-refractivity contribution in [3.05, 3.63) is 0 Å². The molecule has 0 aromatic carbocycles. The fraction of sp³-hybridized carbons (Fsp3) is 0.917. The molecule has 16 heavy (non-hydrogen) atoms. The molecule has 0 aliphatic carbocycles. The van der Waals surface area contributed by atoms with Crippen LogP contribution >= 0.6 is 0 Å². The van der Waals surface area contributed by atoms with Gasteiger partial charge in [0.1, 0.15) is 5.60 Å². The molecule has 2 N–H and O–H groups in total. The van der Waals surface area contributed by atoms with Gasteiger partial charge in [-0.3, -0.25) is 0 Å². The van der Waals surface area contributed by atoms with Crippen LogP contribution in [-0.4, -0.2) is 35.2 Å². The standard InChI is InChI=1S/C12H24N2O2/c1-8-7-14(9(2)6-10(8)13)11(15)16-12(3,4)5/h8-10H,6-7,13H2,1-5H3/t8-,9-,10+/m1/s1. The number of nitrogens with two attached hydrogens (primary N) is 1. The summed E-state index contributed by atoms with van der Waals surface area (Å²) < 4.78 is 5.38. The van der Waals surface area contributed by atoms with Crippen molar-refractivity contribution >= 4 is 6.09 Å². The van der Waals surface area contributed by atoms with Crippen LogP contribution in [0, 0.1) is 5.92 Å². The van der Waals surface area contributed by atoms with Crippen LogP contribution in [0.25, 0.3) is 0 Å². The largest absolute Gasteiger partial charge is 0.444 e. The summed E-state index contributed by atoms with van der Waals surface area (Å²) in [6, 6.07) is 0.356. The smallest absolute Gasteiger partial charge is 0.410 e. The first-order valence-corrected chi connectivity index (χ1v) is 5.96. The Morgan fingerprint density at radius 2 is 1.94 bits per heavy atom. The van der Waals surface area contributed by atoms with Gasteiger partial charge in [0.2, 0.25) is 0 Å². The SMILES string of the molecule is C[C@@H]1CN(C(=O)OC(C)(C)C)[C@H](C)C[C@@H]1N. The molecular formula is C12H24N2O2. The Hall–Kier alpha value is -0.770. The third kappa shape index (κ3) is 3.37. The normalized spacial score (nSPS) is 31.4. The van der Waals surface area contributed by atoms with Crippen LogP contribution in [0.5, 0.6) is 0 Å². The third-order valence-electron chi connectivity index (χ3n) is 2.99. The maximum absolute atomic E-state index is 11.9. The molecule has 1 saturated heterocycles. The van der Waals surface area contributed by atoms with E-state index in [4.69, 9.17) is 10.5 Å². The van der Waals surface area contributed by atoms with Crippen molar-refractivity contribution in [1.29, 1.82) is 0 Å². The van der Waals surface area contributed by atoms with Gasteiger partial charge < -0.3 is 15.4 Å². The second kappa shape index (κ2) is 4.62. The Kier molecular flexibility index (Phi) is 3.84. The average Bonchev–Trinajstić information content (AvgIpc) is 2.08. The highest BCUT2D eigenvalue weighted by molar-refractivity contribution is 5.68. The van der Waals surface area contributed by atoms with Crippen molar-refractivity contribution in [2.45, 2.75) is 58.7 Å². The zero-order valence-corrected chi connectivity index (χ0v) is 11.0. The zero-order chi connectivity index (χ0) is 12.5. The Bertz CT molecular complexity index is 260. The van der Waals surface area contributed by atoms with Crippen LogP contribution in [0.15, 0.2) is 0 Å². The van der Waals surface area contributed by atoms with Gasteiger partial charge in [-0.15, -0.1) is 0 Å². The molecule has 0 spiro atoms. The zero-order valence-electron chi connectivity index (χ0n) is 11.0. The van der Waals surface area contributed by atoms with Crippen molar-refractivity contribution in [2.24, 2.45) is 11.7 Å². The Balaban J connectivity index is 2.62. The fourth-order valence-corrected chi connectivity index (χ4v) is 1.95. The predicted molar refractivity (Wildman–Crippen MR) is 64.2 cm³/mol. The van der Waals surface area contributed by atoms with Crippen molar-refractivity contribution in [3.8, 4) is 0 Å². The molecule has 1 amide bonds. The molecule has 1 fully saturated rings. The molecule has 1 heterocycles. The summed E-state index contributed by atoms with van der Waals surface area (Å²) in [6.45, 7) is 10.4. The van der Waals surface area contributed by atoms with E-state index in [-0.39, 0.29) is 18.2 Å². The van der Waals surface area contributed by atoms with E-state index in [2.05, 4.69) is 6.92 Å². The molecule has 1 aliphatic heterocycles. The number of amides is 1. The number of piperidine rings is 1. The second-order valence-electron chi connectivity index (χ2n) is 5.86. The van der Waals surface area contributed by atoms with Gasteiger partial charge >= 0.3 is 6.09 Å². The van der Waals surface area contributed by atoms with E-state index in [9.17, 15) is 4.79 Å². The maximum atomic E-state index is 11.9. The number of ether oxygens (including phenoxy) is 1. The number of likely N-dealkylation sites (tertiary alicyclic amines) is 1. The summed E-state index contributed by atoms with van der Waals surface area (Å²) in [6.07, 6.45) is 0.624. The molecule has 0 saturated carbocycles. The van der Waals surface area contributed by atoms with Crippen LogP contribution in [-0.2, 0) is 4.74 Å². The number of carbonyl (C=O) groups is 1. The minimum Gasteiger partial charge on any atom is -0.444 e. The highest BCUT2D eigenvalue weighted by atomic mass is 16.6. The molecule has 0 unspecified atom stereocenters. The quantitative estimate of drug-likeness (QED) is 0.689. The highest BCUT2D eigenvalue weighted by Gasteiger charge is 2.33. The lowest BCUT2D eigenvalue weighted by atomic mass is 9.90. The fourth-order valence-electron chi connectivity index (χ4n) is 1.95. The summed E-state index contributed by atoms with van der Waals surface area (Å²) in [4.78, 5) is 13.7. The second-order valence-corrected chi connectivity index (χ2v) is 5.86. The maximum Gasteiger partial charge on any atom is 0.410 e. The first kappa shape index (κ1) is 13.3. The van der Waals surface area contributed by atoms with Crippen molar-refractivity contribution in [3.63, 3.8) is 0 Å². The Labute approximate surface area is 98.1 Å². The molecule has 4 heteroatoms. The minimum atomic E-state index is -0.431. The summed E-state index contributed by atoms with van der Waals surface area (Å²) >= 11 is 0. The van der Waals surface area contributed by atoms with Gasteiger partial charge in [-0.25, -0.2) is 4.79 Å². The van der Waals surface area contributed by atoms with E-state index in [1.165, 1.54) is 0 Å². The number of rotatable bonds is 0. The molecule has 1 rings (SSSR count). The van der Waals surface area contributed by atoms with Gasteiger partial charge in [0.05, 0.1) is 0 Å². The van der Waals surface area contributed by atoms with Crippen LogP contribution < -0.4 is 5.73 Å². The van der Waals surface area contributed by atoms with Gasteiger partial charge in [0, 0.05) is 18.6 Å². The van der Waals surface area contributed by atoms with Crippen molar-refractivity contribution < 1.29 is 9.53 Å². The van der Waals surface area contributed by atoms with Gasteiger partial charge in [-0.05, 0) is 40.0 Å². The lowest BCUT2D eigenvalue weighted by Crippen LogP contribution is -2.53. The summed E-state index contributed by atoms with van der Waals surface area (Å²) in [5, 5.41) is 0. The lowest BCUT2D eigenvalue weighted by Gasteiger charge is -2.40. The summed E-state index contributed by atoms with van der Waals surface area (Å²) in [5.74, 6) is 0.337. The molecule has 0 aromatic rings. The van der Waals surface area contributed by atoms with Gasteiger partial charge in [-0.1, -0.05) is 6.92 Å². The number of carbonyl (C=O) groups excluding carboxylic acids is 1. The first-order valence-electron chi connectivity index (χ1n) is 5.96. The van der Waals surface area contributed by atoms with Crippen LogP contribution in [0.1, 0.15) is 41.0 Å². The van der Waals surface area contributed by atoms with Crippen LogP contribution in [0.2, 0.25) is 0 Å². The monoisotopic (exact) mass is 228 g/mol.